The summed E-state index contributed by atoms with van der Waals surface area (Å²) in [5.74, 6) is 0.474. The normalized spacial score (nSPS) is 12.5. The van der Waals surface area contributed by atoms with E-state index in [0.717, 1.165) is 11.8 Å². The number of methoxy groups -OCH3 is 1. The van der Waals surface area contributed by atoms with Crippen molar-refractivity contribution in [3.63, 3.8) is 0 Å². The predicted octanol–water partition coefficient (Wildman–Crippen LogP) is 4.00. The lowest BCUT2D eigenvalue weighted by Gasteiger charge is -2.30. The van der Waals surface area contributed by atoms with Gasteiger partial charge in [0, 0.05) is 5.69 Å². The fourth-order valence-corrected chi connectivity index (χ4v) is 4.33. The molecule has 0 unspecified atom stereocenters. The summed E-state index contributed by atoms with van der Waals surface area (Å²) >= 11 is 0. The Hall–Kier alpha value is -2.54. The van der Waals surface area contributed by atoms with Crippen LogP contribution >= 0.6 is 0 Å². The van der Waals surface area contributed by atoms with Gasteiger partial charge < -0.3 is 10.1 Å². The molecular weight excluding hydrogens is 376 g/mol. The molecule has 0 heterocycles. The maximum atomic E-state index is 13.1. The van der Waals surface area contributed by atoms with E-state index in [9.17, 15) is 13.2 Å². The summed E-state index contributed by atoms with van der Waals surface area (Å²) in [4.78, 5) is 13.1. The number of benzene rings is 2. The van der Waals surface area contributed by atoms with E-state index < -0.39 is 16.1 Å². The summed E-state index contributed by atoms with van der Waals surface area (Å²) in [6.45, 7) is 5.88. The SMILES string of the molecule is CC[C@@H](C(=O)Nc1ccccc1C(C)C)N(c1ccc(OC)cc1)S(C)(=O)=O. The number of anilines is 2. The molecule has 2 rings (SSSR count). The van der Waals surface area contributed by atoms with Crippen molar-refractivity contribution in [3.05, 3.63) is 54.1 Å². The second kappa shape index (κ2) is 9.10. The Labute approximate surface area is 167 Å². The standard InChI is InChI=1S/C21H28N2O4S/c1-6-20(21(24)22-19-10-8-7-9-18(19)15(2)3)23(28(5,25)26)16-11-13-17(27-4)14-12-16/h7-15,20H,6H2,1-5H3,(H,22,24)/t20-/m0/s1. The van der Waals surface area contributed by atoms with Crippen molar-refractivity contribution in [3.8, 4) is 5.75 Å². The minimum atomic E-state index is -3.68. The van der Waals surface area contributed by atoms with Crippen molar-refractivity contribution in [1.29, 1.82) is 0 Å². The third kappa shape index (κ3) is 5.04. The first-order chi connectivity index (χ1) is 13.2. The number of para-hydroxylation sites is 1. The fourth-order valence-electron chi connectivity index (χ4n) is 3.12. The summed E-state index contributed by atoms with van der Waals surface area (Å²) in [7, 11) is -2.14. The maximum Gasteiger partial charge on any atom is 0.248 e. The summed E-state index contributed by atoms with van der Waals surface area (Å²) in [5.41, 5.74) is 2.12. The third-order valence-electron chi connectivity index (χ3n) is 4.50. The molecule has 0 aliphatic heterocycles. The van der Waals surface area contributed by atoms with Crippen LogP contribution in [0.3, 0.4) is 0 Å². The van der Waals surface area contributed by atoms with E-state index >= 15 is 0 Å². The zero-order valence-corrected chi connectivity index (χ0v) is 17.8. The van der Waals surface area contributed by atoms with Gasteiger partial charge in [0.15, 0.2) is 0 Å². The monoisotopic (exact) mass is 404 g/mol. The summed E-state index contributed by atoms with van der Waals surface area (Å²) in [6, 6.07) is 13.3. The molecule has 0 radical (unpaired) electrons. The molecule has 7 heteroatoms. The van der Waals surface area contributed by atoms with Crippen LogP contribution in [0, 0.1) is 0 Å². The van der Waals surface area contributed by atoms with Crippen LogP contribution in [0.5, 0.6) is 5.75 Å². The molecule has 2 aromatic rings. The molecule has 0 saturated carbocycles. The summed E-state index contributed by atoms with van der Waals surface area (Å²) in [6.07, 6.45) is 1.43. The quantitative estimate of drug-likeness (QED) is 0.721. The molecule has 152 valence electrons. The van der Waals surface area contributed by atoms with E-state index in [0.29, 0.717) is 23.5 Å². The van der Waals surface area contributed by atoms with Crippen LogP contribution in [-0.4, -0.2) is 33.7 Å². The van der Waals surface area contributed by atoms with E-state index in [2.05, 4.69) is 5.32 Å². The van der Waals surface area contributed by atoms with Crippen LogP contribution in [-0.2, 0) is 14.8 Å². The van der Waals surface area contributed by atoms with Gasteiger partial charge in [-0.2, -0.15) is 0 Å². The van der Waals surface area contributed by atoms with Crippen LogP contribution in [0.4, 0.5) is 11.4 Å². The molecule has 0 bridgehead atoms. The zero-order chi connectivity index (χ0) is 20.9. The average molecular weight is 405 g/mol. The Balaban J connectivity index is 2.39. The lowest BCUT2D eigenvalue weighted by Crippen LogP contribution is -2.47. The molecule has 6 nitrogen and oxygen atoms in total. The molecule has 0 fully saturated rings. The first-order valence-corrected chi connectivity index (χ1v) is 11.1. The molecule has 0 aromatic heterocycles. The number of carbonyl (C=O) groups is 1. The highest BCUT2D eigenvalue weighted by Gasteiger charge is 2.31. The van der Waals surface area contributed by atoms with Crippen molar-refractivity contribution >= 4 is 27.3 Å². The number of carbonyl (C=O) groups excluding carboxylic acids is 1. The lowest BCUT2D eigenvalue weighted by molar-refractivity contribution is -0.117. The molecular formula is C21H28N2O4S. The Kier molecular flexibility index (Phi) is 7.07. The van der Waals surface area contributed by atoms with Crippen LogP contribution < -0.4 is 14.4 Å². The summed E-state index contributed by atoms with van der Waals surface area (Å²) < 4.78 is 31.4. The van der Waals surface area contributed by atoms with Crippen LogP contribution in [0.1, 0.15) is 38.7 Å². The van der Waals surface area contributed by atoms with Gasteiger partial charge in [-0.05, 0) is 48.2 Å². The topological polar surface area (TPSA) is 75.7 Å². The maximum absolute atomic E-state index is 13.1. The van der Waals surface area contributed by atoms with Crippen molar-refractivity contribution in [1.82, 2.24) is 0 Å². The largest absolute Gasteiger partial charge is 0.497 e. The van der Waals surface area contributed by atoms with Crippen molar-refractivity contribution in [2.24, 2.45) is 0 Å². The van der Waals surface area contributed by atoms with Gasteiger partial charge >= 0.3 is 0 Å². The molecule has 1 amide bonds. The number of hydrogen-bond acceptors (Lipinski definition) is 4. The number of amides is 1. The van der Waals surface area contributed by atoms with Gasteiger partial charge in [0.1, 0.15) is 11.8 Å². The molecule has 28 heavy (non-hydrogen) atoms. The van der Waals surface area contributed by atoms with E-state index in [1.165, 1.54) is 11.4 Å². The van der Waals surface area contributed by atoms with Gasteiger partial charge in [-0.15, -0.1) is 0 Å². The van der Waals surface area contributed by atoms with E-state index in [-0.39, 0.29) is 11.8 Å². The molecule has 0 spiro atoms. The van der Waals surface area contributed by atoms with Gasteiger partial charge in [0.2, 0.25) is 15.9 Å². The average Bonchev–Trinajstić information content (AvgIpc) is 2.65. The second-order valence-electron chi connectivity index (χ2n) is 6.91. The Morgan fingerprint density at radius 1 is 1.11 bits per heavy atom. The molecule has 0 aliphatic carbocycles. The van der Waals surface area contributed by atoms with E-state index in [4.69, 9.17) is 4.74 Å². The number of hydrogen-bond donors (Lipinski definition) is 1. The second-order valence-corrected chi connectivity index (χ2v) is 8.77. The number of nitrogens with zero attached hydrogens (tertiary/aromatic N) is 1. The van der Waals surface area contributed by atoms with E-state index in [1.54, 1.807) is 31.2 Å². The molecule has 1 atom stereocenters. The van der Waals surface area contributed by atoms with Crippen LogP contribution in [0.2, 0.25) is 0 Å². The molecule has 2 aromatic carbocycles. The number of sulfonamides is 1. The molecule has 0 saturated heterocycles. The number of ether oxygens (including phenoxy) is 1. The minimum Gasteiger partial charge on any atom is -0.497 e. The van der Waals surface area contributed by atoms with Crippen LogP contribution in [0.15, 0.2) is 48.5 Å². The highest BCUT2D eigenvalue weighted by molar-refractivity contribution is 7.92. The smallest absolute Gasteiger partial charge is 0.248 e. The third-order valence-corrected chi connectivity index (χ3v) is 5.68. The van der Waals surface area contributed by atoms with Gasteiger partial charge in [0.25, 0.3) is 0 Å². The zero-order valence-electron chi connectivity index (χ0n) is 17.0. The number of rotatable bonds is 8. The van der Waals surface area contributed by atoms with Crippen LogP contribution in [0.25, 0.3) is 0 Å². The molecule has 0 aliphatic rings. The van der Waals surface area contributed by atoms with Gasteiger partial charge in [0.05, 0.1) is 19.1 Å². The number of nitrogens with one attached hydrogen (secondary N) is 1. The minimum absolute atomic E-state index is 0.226. The van der Waals surface area contributed by atoms with Crippen molar-refractivity contribution in [2.45, 2.75) is 39.2 Å². The molecule has 1 N–H and O–H groups in total. The van der Waals surface area contributed by atoms with Gasteiger partial charge in [-0.25, -0.2) is 8.42 Å². The van der Waals surface area contributed by atoms with Gasteiger partial charge in [-0.1, -0.05) is 39.0 Å². The van der Waals surface area contributed by atoms with Crippen molar-refractivity contribution in [2.75, 3.05) is 23.0 Å². The predicted molar refractivity (Wildman–Crippen MR) is 114 cm³/mol. The van der Waals surface area contributed by atoms with Gasteiger partial charge in [-0.3, -0.25) is 9.10 Å². The first-order valence-electron chi connectivity index (χ1n) is 9.22. The Morgan fingerprint density at radius 3 is 2.21 bits per heavy atom. The Morgan fingerprint density at radius 2 is 1.71 bits per heavy atom. The highest BCUT2D eigenvalue weighted by Crippen LogP contribution is 2.27. The Bertz CT molecular complexity index is 908. The van der Waals surface area contributed by atoms with E-state index in [1.807, 2.05) is 38.1 Å². The first kappa shape index (κ1) is 21.8. The lowest BCUT2D eigenvalue weighted by atomic mass is 10.0. The fraction of sp³-hybridized carbons (Fsp3) is 0.381. The summed E-state index contributed by atoms with van der Waals surface area (Å²) in [5, 5.41) is 2.92. The van der Waals surface area contributed by atoms with Crippen molar-refractivity contribution < 1.29 is 17.9 Å². The highest BCUT2D eigenvalue weighted by atomic mass is 32.2.